The lowest BCUT2D eigenvalue weighted by molar-refractivity contribution is -0.142. The van der Waals surface area contributed by atoms with Gasteiger partial charge in [-0.15, -0.1) is 0 Å². The molecule has 14 aromatic rings. The summed E-state index contributed by atoms with van der Waals surface area (Å²) in [7, 11) is 10.6. The molecular weight excluding hydrogens is 1690 g/mol. The van der Waals surface area contributed by atoms with Gasteiger partial charge in [0.1, 0.15) is 115 Å². The Balaban J connectivity index is 0.000000227. The van der Waals surface area contributed by atoms with Gasteiger partial charge in [0.15, 0.2) is 28.8 Å². The zero-order valence-electron chi connectivity index (χ0n) is 73.8. The molecule has 15 rings (SSSR count). The summed E-state index contributed by atoms with van der Waals surface area (Å²) in [4.78, 5) is 87.7. The average molecular weight is 1790 g/mol. The lowest BCUT2D eigenvalue weighted by atomic mass is 10.0. The van der Waals surface area contributed by atoms with Gasteiger partial charge in [-0.3, -0.25) is 33.1 Å². The number of amides is 1. The van der Waals surface area contributed by atoms with Crippen LogP contribution in [0.2, 0.25) is 0 Å². The fraction of sp³-hybridized carbons (Fsp3) is 0.242. The van der Waals surface area contributed by atoms with Crippen molar-refractivity contribution in [2.75, 3.05) is 35.0 Å². The number of ether oxygens (including phenoxy) is 8. The number of nitrogens with one attached hydrogen (secondary N) is 1. The topological polar surface area (TPSA) is 259 Å². The number of nitrogens with zero attached hydrogens (tertiary/aromatic N) is 5. The number of imidazole rings is 1. The highest BCUT2D eigenvalue weighted by molar-refractivity contribution is 6.00. The van der Waals surface area contributed by atoms with E-state index in [4.69, 9.17) is 42.3 Å². The van der Waals surface area contributed by atoms with E-state index in [9.17, 15) is 73.1 Å². The highest BCUT2D eigenvalue weighted by Gasteiger charge is 2.22. The minimum Gasteiger partial charge on any atom is -0.496 e. The monoisotopic (exact) mass is 1790 g/mol. The standard InChI is InChI=1S/C16H24FNO3.C16H15FO3.C12H9FO.C10H9FN2O2.C9H9FN2.C9H7FO2.2C9H9FO2.C8H6FNO.CH4/c1-10-7-13(17)12(9-14(10)20-6)8-11(2)18-15(19)21-16(3,4)5;1-11(16(18)19-2)12-4-3-5-15(10-12)20-14-8-6-13(17)7-9-14;13-10-6-8-12(9-7-10)14-11-4-2-1-3-5-11;1-12-8-4-3-6(11)5-7(8)9(14)13(2)10(12)15;1-6-11-8-4-3-7(10)5-9(8)12(6)2;10-6-1-2-9-7(5-6)8(11)3-4-12-9;2*1-6(11)8-5-7(10)3-4-9(8)12-2;1-5-10-7-3-2-6(9)4-8(7)11-5;/h7,9,11H,8H2,1-6H3,(H,18,19);3-11H,1-2H3;1-9H;3-5H,1-2H3;3-5H,1-2H3;1-2,5H,3-4H2;2*3-5H,1-2H3;2-4H,1H3;1H4/i2*17-1;13-1;11-1;4*10-1;9-1;. The zero-order chi connectivity index (χ0) is 95.1. The molecular formula is C99H101F9N6O16. The third-order valence-electron chi connectivity index (χ3n) is 18.5. The number of hydrogen-bond donors (Lipinski definition) is 1. The van der Waals surface area contributed by atoms with Gasteiger partial charge in [0, 0.05) is 46.6 Å². The molecule has 2 atom stereocenters. The quantitative estimate of drug-likeness (QED) is 0.0602. The minimum absolute atomic E-state index is 0. The summed E-state index contributed by atoms with van der Waals surface area (Å²) in [6, 6.07) is 55.5. The fourth-order valence-electron chi connectivity index (χ4n) is 11.9. The number of oxazole rings is 1. The van der Waals surface area contributed by atoms with Crippen molar-refractivity contribution >= 4 is 62.4 Å². The third kappa shape index (κ3) is 31.7. The first-order valence-corrected chi connectivity index (χ1v) is 39.6. The molecule has 31 heteroatoms. The number of hydrogen-bond acceptors (Lipinski definition) is 18. The first-order chi connectivity index (χ1) is 61.1. The Morgan fingerprint density at radius 3 is 1.55 bits per heavy atom. The molecule has 0 aliphatic carbocycles. The first kappa shape index (κ1) is 104. The number of carbonyl (C=O) groups is 5. The molecule has 1 aliphatic heterocycles. The van der Waals surface area contributed by atoms with Crippen molar-refractivity contribution in [1.82, 2.24) is 29.0 Å². The number of aryl methyl sites for hydroxylation is 5. The first-order valence-electron chi connectivity index (χ1n) is 39.6. The molecule has 0 saturated heterocycles. The van der Waals surface area contributed by atoms with Crippen molar-refractivity contribution in [3.05, 3.63) is 343 Å². The molecule has 0 bridgehead atoms. The largest absolute Gasteiger partial charge is 0.496 e. The number of ketones is 3. The number of benzene rings is 11. The van der Waals surface area contributed by atoms with Crippen molar-refractivity contribution in [2.45, 2.75) is 107 Å². The second-order valence-electron chi connectivity index (χ2n) is 29.4. The fourth-order valence-corrected chi connectivity index (χ4v) is 11.9. The van der Waals surface area contributed by atoms with Gasteiger partial charge in [-0.25, -0.2) is 59.1 Å². The number of alkyl carbamates (subject to hydrolysis) is 1. The summed E-state index contributed by atoms with van der Waals surface area (Å²) in [6.45, 7) is 17.5. The maximum Gasteiger partial charge on any atom is 0.407 e. The van der Waals surface area contributed by atoms with Crippen LogP contribution in [0.1, 0.15) is 128 Å². The van der Waals surface area contributed by atoms with Crippen LogP contribution in [0.25, 0.3) is 33.0 Å². The van der Waals surface area contributed by atoms with E-state index in [1.165, 1.54) is 168 Å². The van der Waals surface area contributed by atoms with Crippen LogP contribution in [0.5, 0.6) is 46.0 Å². The number of fused-ring (bicyclic) bond motifs is 4. The van der Waals surface area contributed by atoms with Gasteiger partial charge in [0.2, 0.25) is 0 Å². The predicted octanol–water partition coefficient (Wildman–Crippen LogP) is 22.3. The molecule has 11 aromatic carbocycles. The third-order valence-corrected chi connectivity index (χ3v) is 18.5. The van der Waals surface area contributed by atoms with Gasteiger partial charge in [-0.05, 0) is 273 Å². The average Bonchev–Trinajstić information content (AvgIpc) is 0.836. The lowest BCUT2D eigenvalue weighted by Crippen LogP contribution is -2.38. The molecule has 0 saturated carbocycles. The van der Waals surface area contributed by atoms with Crippen molar-refractivity contribution in [1.29, 1.82) is 0 Å². The van der Waals surface area contributed by atoms with Crippen molar-refractivity contribution in [3.63, 3.8) is 0 Å². The van der Waals surface area contributed by atoms with E-state index in [2.05, 4.69) is 15.3 Å². The SMILES string of the molecule is C.COC(=O)C(C)c1cccc(Oc2ccc([18F])cc2)c1.COc1cc(CC(C)NC(=O)OC(C)(C)C)c([18F])cc1C.COc1ccc([18F])cc1C(C)=O.COc1ccc([18F])cc1C(C)=O.Cc1nc2ccc([18F])cc2n1C.Cc1nc2ccc([18F])cc2o1.Cn1c(=O)c2cc([18F])ccc2n(C)c1=O.O=C1CCOc2ccc([18F])cc21.[18F]c1ccc(Oc2ccccc2)cc1. The van der Waals surface area contributed by atoms with E-state index in [-0.39, 0.29) is 88.3 Å². The molecule has 1 aliphatic rings. The Hall–Kier alpha value is -14.8. The number of para-hydroxylation sites is 1. The Kier molecular flexibility index (Phi) is 39.5. The summed E-state index contributed by atoms with van der Waals surface area (Å²) < 4.78 is 166. The zero-order valence-corrected chi connectivity index (χ0v) is 73.8. The number of carbonyl (C=O) groups excluding carboxylic acids is 5. The van der Waals surface area contributed by atoms with Crippen molar-refractivity contribution < 1.29 is 106 Å². The number of methoxy groups -OCH3 is 4. The Morgan fingerprint density at radius 2 is 0.992 bits per heavy atom. The van der Waals surface area contributed by atoms with Crippen molar-refractivity contribution in [3.8, 4) is 46.0 Å². The van der Waals surface area contributed by atoms with Gasteiger partial charge in [-0.1, -0.05) is 37.8 Å². The van der Waals surface area contributed by atoms with E-state index in [0.717, 1.165) is 44.4 Å². The number of Topliss-reactive ketones (excluding diaryl/α,β-unsaturated/α-hetero) is 3. The van der Waals surface area contributed by atoms with Crippen LogP contribution < -0.4 is 45.0 Å². The number of esters is 1. The van der Waals surface area contributed by atoms with Gasteiger partial charge in [0.25, 0.3) is 5.56 Å². The Labute approximate surface area is 745 Å². The predicted molar refractivity (Wildman–Crippen MR) is 478 cm³/mol. The Bertz CT molecular complexity index is 6200. The normalized spacial score (nSPS) is 11.3. The summed E-state index contributed by atoms with van der Waals surface area (Å²) in [5.41, 5.74) is 4.83. The van der Waals surface area contributed by atoms with Gasteiger partial charge in [0.05, 0.1) is 79.6 Å². The molecule has 22 nitrogen and oxygen atoms in total. The van der Waals surface area contributed by atoms with Gasteiger partial charge < -0.3 is 52.2 Å². The molecule has 130 heavy (non-hydrogen) atoms. The molecule has 0 radical (unpaired) electrons. The van der Waals surface area contributed by atoms with E-state index in [0.29, 0.717) is 93.3 Å². The van der Waals surface area contributed by atoms with Crippen LogP contribution in [0.3, 0.4) is 0 Å². The second kappa shape index (κ2) is 49.4. The van der Waals surface area contributed by atoms with Crippen molar-refractivity contribution in [2.24, 2.45) is 21.1 Å². The number of halogens is 9. The van der Waals surface area contributed by atoms with Crippen LogP contribution in [0.15, 0.2) is 238 Å². The molecule has 1 amide bonds. The summed E-state index contributed by atoms with van der Waals surface area (Å²) in [6.07, 6.45) is 0.201. The van der Waals surface area contributed by atoms with Gasteiger partial charge in [-0.2, -0.15) is 0 Å². The highest BCUT2D eigenvalue weighted by Crippen LogP contribution is 2.30. The number of rotatable bonds is 14. The molecule has 2 unspecified atom stereocenters. The van der Waals surface area contributed by atoms with E-state index in [1.54, 1.807) is 123 Å². The molecule has 1 N–H and O–H groups in total. The van der Waals surface area contributed by atoms with Crippen LogP contribution in [-0.4, -0.2) is 99.8 Å². The maximum absolute atomic E-state index is 13.9. The second-order valence-corrected chi connectivity index (χ2v) is 29.4. The van der Waals surface area contributed by atoms with Crippen LogP contribution in [0, 0.1) is 73.1 Å². The molecule has 0 spiro atoms. The molecule has 3 aromatic heterocycles. The summed E-state index contributed by atoms with van der Waals surface area (Å²) >= 11 is 0. The van der Waals surface area contributed by atoms with E-state index < -0.39 is 46.2 Å². The lowest BCUT2D eigenvalue weighted by Gasteiger charge is -2.22. The molecule has 4 heterocycles. The van der Waals surface area contributed by atoms with E-state index in [1.807, 2.05) is 54.9 Å². The molecule has 0 fully saturated rings. The highest BCUT2D eigenvalue weighted by atomic mass is 18.2. The smallest absolute Gasteiger partial charge is 0.407 e. The number of aromatic nitrogens is 5. The molecule has 686 valence electrons. The van der Waals surface area contributed by atoms with Gasteiger partial charge >= 0.3 is 17.8 Å². The van der Waals surface area contributed by atoms with Crippen LogP contribution in [0.4, 0.5) is 44.3 Å². The minimum atomic E-state index is -0.553. The van der Waals surface area contributed by atoms with E-state index >= 15 is 0 Å². The van der Waals surface area contributed by atoms with Crippen LogP contribution in [-0.2, 0) is 41.8 Å². The maximum atomic E-state index is 13.9. The Morgan fingerprint density at radius 1 is 0.500 bits per heavy atom. The van der Waals surface area contributed by atoms with Crippen LogP contribution >= 0.6 is 0 Å². The summed E-state index contributed by atoms with van der Waals surface area (Å²) in [5, 5.41) is 2.90. The summed E-state index contributed by atoms with van der Waals surface area (Å²) in [5.74, 6) is 1.66.